The Morgan fingerprint density at radius 2 is 1.89 bits per heavy atom. The van der Waals surface area contributed by atoms with Crippen LogP contribution in [0.5, 0.6) is 5.75 Å². The highest BCUT2D eigenvalue weighted by atomic mass is 32.1. The number of rotatable bonds is 8. The Morgan fingerprint density at radius 1 is 1.13 bits per heavy atom. The monoisotopic (exact) mass is 544 g/mol. The summed E-state index contributed by atoms with van der Waals surface area (Å²) in [6.07, 6.45) is -5.13. The van der Waals surface area contributed by atoms with Crippen LogP contribution in [0.1, 0.15) is 20.9 Å². The molecule has 198 valence electrons. The number of hydrogen-bond acceptors (Lipinski definition) is 9. The first-order valence-corrected chi connectivity index (χ1v) is 12.4. The van der Waals surface area contributed by atoms with Crippen molar-refractivity contribution >= 4 is 28.7 Å². The van der Waals surface area contributed by atoms with E-state index in [1.54, 1.807) is 24.3 Å². The van der Waals surface area contributed by atoms with Gasteiger partial charge in [-0.05, 0) is 37.4 Å². The molecule has 1 aliphatic heterocycles. The molecule has 13 heteroatoms. The van der Waals surface area contributed by atoms with Crippen LogP contribution in [0.4, 0.5) is 18.9 Å². The molecule has 0 atom stereocenters. The fraction of sp³-hybridized carbons (Fsp3) is 0.320. The summed E-state index contributed by atoms with van der Waals surface area (Å²) in [6, 6.07) is 12.2. The van der Waals surface area contributed by atoms with Crippen molar-refractivity contribution in [2.24, 2.45) is 0 Å². The molecular weight excluding hydrogens is 521 g/mol. The number of benzene rings is 2. The van der Waals surface area contributed by atoms with E-state index in [0.717, 1.165) is 19.2 Å². The lowest BCUT2D eigenvalue weighted by atomic mass is 10.1. The van der Waals surface area contributed by atoms with Crippen molar-refractivity contribution in [2.75, 3.05) is 45.1 Å². The molecule has 3 aromatic rings. The summed E-state index contributed by atoms with van der Waals surface area (Å²) >= 11 is 1.17. The molecule has 1 aromatic heterocycles. The highest BCUT2D eigenvalue weighted by Gasteiger charge is 2.33. The number of ketones is 1. The lowest BCUT2D eigenvalue weighted by Gasteiger charge is -2.31. The average Bonchev–Trinajstić information content (AvgIpc) is 3.34. The highest BCUT2D eigenvalue weighted by molar-refractivity contribution is 7.14. The first-order valence-electron chi connectivity index (χ1n) is 11.6. The Morgan fingerprint density at radius 3 is 2.61 bits per heavy atom. The number of nitriles is 1. The number of anilines is 1. The number of aromatic nitrogens is 2. The first kappa shape index (κ1) is 27.2. The molecule has 0 radical (unpaired) electrons. The van der Waals surface area contributed by atoms with Gasteiger partial charge in [-0.2, -0.15) is 5.26 Å². The number of carbonyl (C=O) groups excluding carboxylic acids is 2. The number of nitrogens with one attached hydrogen (secondary N) is 1. The summed E-state index contributed by atoms with van der Waals surface area (Å²) in [5.41, 5.74) is 0.967. The smallest absolute Gasteiger partial charge is 0.404 e. The molecule has 9 nitrogen and oxygen atoms in total. The van der Waals surface area contributed by atoms with E-state index in [1.807, 2.05) is 18.0 Å². The standard InChI is InChI=1S/C25H23F3N6O3S/c1-33-7-9-34(10-8-33)15-22(36)30-19-12-17(5-6-21(19)37-25(26,27)28)20(35)13-23-31-32-24(38-23)18-4-2-3-16(11-18)14-29/h2-6,11-12H,7-10,13,15H2,1H3,(H,30,36). The SMILES string of the molecule is CN1CCN(CC(=O)Nc2cc(C(=O)Cc3nnc(-c4cccc(C#N)c4)s3)ccc2OC(F)(F)F)CC1. The first-order chi connectivity index (χ1) is 18.1. The van der Waals surface area contributed by atoms with Crippen LogP contribution in [0.3, 0.4) is 0 Å². The number of carbonyl (C=O) groups is 2. The third kappa shape index (κ3) is 7.34. The minimum Gasteiger partial charge on any atom is -0.404 e. The third-order valence-corrected chi connectivity index (χ3v) is 6.75. The Hall–Kier alpha value is -3.86. The number of alkyl halides is 3. The average molecular weight is 545 g/mol. The van der Waals surface area contributed by atoms with E-state index in [2.05, 4.69) is 25.2 Å². The third-order valence-electron chi connectivity index (χ3n) is 5.78. The van der Waals surface area contributed by atoms with Crippen molar-refractivity contribution in [2.45, 2.75) is 12.8 Å². The summed E-state index contributed by atoms with van der Waals surface area (Å²) < 4.78 is 42.9. The molecule has 1 saturated heterocycles. The maximum Gasteiger partial charge on any atom is 0.573 e. The number of ether oxygens (including phenoxy) is 1. The van der Waals surface area contributed by atoms with Gasteiger partial charge in [0.2, 0.25) is 5.91 Å². The van der Waals surface area contributed by atoms with Gasteiger partial charge in [0.25, 0.3) is 0 Å². The highest BCUT2D eigenvalue weighted by Crippen LogP contribution is 2.32. The van der Waals surface area contributed by atoms with Crippen molar-refractivity contribution < 1.29 is 27.5 Å². The number of nitrogens with zero attached hydrogens (tertiary/aromatic N) is 5. The van der Waals surface area contributed by atoms with E-state index in [9.17, 15) is 22.8 Å². The fourth-order valence-corrected chi connectivity index (χ4v) is 4.65. The molecule has 2 aromatic carbocycles. The van der Waals surface area contributed by atoms with Gasteiger partial charge in [-0.15, -0.1) is 23.4 Å². The van der Waals surface area contributed by atoms with Crippen LogP contribution in [0.2, 0.25) is 0 Å². The fourth-order valence-electron chi connectivity index (χ4n) is 3.82. The zero-order valence-electron chi connectivity index (χ0n) is 20.3. The van der Waals surface area contributed by atoms with E-state index < -0.39 is 23.8 Å². The van der Waals surface area contributed by atoms with Crippen LogP contribution in [0.15, 0.2) is 42.5 Å². The van der Waals surface area contributed by atoms with Gasteiger partial charge in [-0.1, -0.05) is 23.5 Å². The summed E-state index contributed by atoms with van der Waals surface area (Å²) in [5, 5.41) is 20.6. The normalized spacial score (nSPS) is 14.6. The summed E-state index contributed by atoms with van der Waals surface area (Å²) in [5.74, 6) is -1.55. The molecule has 0 bridgehead atoms. The molecule has 0 aliphatic carbocycles. The van der Waals surface area contributed by atoms with Crippen LogP contribution in [-0.2, 0) is 11.2 Å². The molecule has 0 unspecified atom stereocenters. The Balaban J connectivity index is 1.49. The lowest BCUT2D eigenvalue weighted by Crippen LogP contribution is -2.47. The molecule has 1 fully saturated rings. The van der Waals surface area contributed by atoms with E-state index in [1.165, 1.54) is 23.5 Å². The van der Waals surface area contributed by atoms with Crippen LogP contribution in [0.25, 0.3) is 10.6 Å². The maximum absolute atomic E-state index is 13.0. The minimum atomic E-state index is -4.98. The topological polar surface area (TPSA) is 111 Å². The van der Waals surface area contributed by atoms with Crippen LogP contribution in [0, 0.1) is 11.3 Å². The largest absolute Gasteiger partial charge is 0.573 e. The second kappa shape index (κ2) is 11.7. The molecule has 4 rings (SSSR count). The zero-order valence-corrected chi connectivity index (χ0v) is 21.1. The molecule has 2 heterocycles. The quantitative estimate of drug-likeness (QED) is 0.429. The Labute approximate surface area is 220 Å². The van der Waals surface area contributed by atoms with Gasteiger partial charge in [0.15, 0.2) is 11.5 Å². The molecule has 1 aliphatic rings. The number of amides is 1. The zero-order chi connectivity index (χ0) is 27.3. The van der Waals surface area contributed by atoms with E-state index in [4.69, 9.17) is 5.26 Å². The van der Waals surface area contributed by atoms with E-state index >= 15 is 0 Å². The van der Waals surface area contributed by atoms with Gasteiger partial charge in [0, 0.05) is 37.3 Å². The molecule has 0 spiro atoms. The number of likely N-dealkylation sites (N-methyl/N-ethyl adjacent to an activating group) is 1. The summed E-state index contributed by atoms with van der Waals surface area (Å²) in [6.45, 7) is 2.85. The van der Waals surface area contributed by atoms with Crippen molar-refractivity contribution in [1.82, 2.24) is 20.0 Å². The lowest BCUT2D eigenvalue weighted by molar-refractivity contribution is -0.274. The summed E-state index contributed by atoms with van der Waals surface area (Å²) in [7, 11) is 1.97. The minimum absolute atomic E-state index is 0.00195. The number of Topliss-reactive ketones (excluding diaryl/α,β-unsaturated/α-hetero) is 1. The van der Waals surface area contributed by atoms with Gasteiger partial charge in [-0.3, -0.25) is 14.5 Å². The molecule has 1 N–H and O–H groups in total. The van der Waals surface area contributed by atoms with Gasteiger partial charge in [0.1, 0.15) is 10.0 Å². The van der Waals surface area contributed by atoms with Crippen molar-refractivity contribution in [3.05, 3.63) is 58.6 Å². The van der Waals surface area contributed by atoms with Gasteiger partial charge >= 0.3 is 6.36 Å². The number of piperazine rings is 1. The second-order valence-electron chi connectivity index (χ2n) is 8.68. The summed E-state index contributed by atoms with van der Waals surface area (Å²) in [4.78, 5) is 29.6. The number of halogens is 3. The van der Waals surface area contributed by atoms with E-state index in [0.29, 0.717) is 34.2 Å². The van der Waals surface area contributed by atoms with Crippen molar-refractivity contribution in [3.63, 3.8) is 0 Å². The molecule has 0 saturated carbocycles. The van der Waals surface area contributed by atoms with Crippen LogP contribution in [-0.4, -0.2) is 77.8 Å². The van der Waals surface area contributed by atoms with Gasteiger partial charge < -0.3 is 15.0 Å². The van der Waals surface area contributed by atoms with E-state index in [-0.39, 0.29) is 24.2 Å². The van der Waals surface area contributed by atoms with Gasteiger partial charge in [0.05, 0.1) is 30.3 Å². The van der Waals surface area contributed by atoms with Gasteiger partial charge in [-0.25, -0.2) is 0 Å². The van der Waals surface area contributed by atoms with Crippen molar-refractivity contribution in [3.8, 4) is 22.4 Å². The number of hydrogen-bond donors (Lipinski definition) is 1. The van der Waals surface area contributed by atoms with Crippen molar-refractivity contribution in [1.29, 1.82) is 5.26 Å². The predicted octanol–water partition coefficient (Wildman–Crippen LogP) is 3.59. The Kier molecular flexibility index (Phi) is 8.35. The molecule has 1 amide bonds. The second-order valence-corrected chi connectivity index (χ2v) is 9.74. The maximum atomic E-state index is 13.0. The van der Waals surface area contributed by atoms with Crippen LogP contribution >= 0.6 is 11.3 Å². The predicted molar refractivity (Wildman–Crippen MR) is 134 cm³/mol. The molecular formula is C25H23F3N6O3S. The van der Waals surface area contributed by atoms with Crippen LogP contribution < -0.4 is 10.1 Å². The Bertz CT molecular complexity index is 1360. The molecule has 38 heavy (non-hydrogen) atoms.